The highest BCUT2D eigenvalue weighted by Crippen LogP contribution is 2.32. The van der Waals surface area contributed by atoms with Crippen LogP contribution in [0, 0.1) is 0 Å². The first-order valence-electron chi connectivity index (χ1n) is 9.33. The summed E-state index contributed by atoms with van der Waals surface area (Å²) in [6, 6.07) is 14.1. The zero-order valence-electron chi connectivity index (χ0n) is 16.1. The van der Waals surface area contributed by atoms with Crippen LogP contribution in [0.1, 0.15) is 32.6 Å². The highest BCUT2D eigenvalue weighted by Gasteiger charge is 2.26. The highest BCUT2D eigenvalue weighted by atomic mass is 16.7. The molecule has 0 spiro atoms. The Morgan fingerprint density at radius 1 is 0.839 bits per heavy atom. The summed E-state index contributed by atoms with van der Waals surface area (Å²) in [5.41, 5.74) is 6.16. The van der Waals surface area contributed by atoms with Gasteiger partial charge in [-0.25, -0.2) is 9.59 Å². The Labute approximate surface area is 175 Å². The van der Waals surface area contributed by atoms with Crippen LogP contribution in [0.2, 0.25) is 0 Å². The number of pyridine rings is 1. The van der Waals surface area contributed by atoms with E-state index >= 15 is 0 Å². The van der Waals surface area contributed by atoms with Gasteiger partial charge in [0.25, 0.3) is 5.56 Å². The van der Waals surface area contributed by atoms with Gasteiger partial charge in [-0.15, -0.1) is 0 Å². The number of aromatic amines is 1. The molecule has 0 amide bonds. The summed E-state index contributed by atoms with van der Waals surface area (Å²) in [4.78, 5) is 37.6. The number of hydrogen-bond donors (Lipinski definition) is 4. The van der Waals surface area contributed by atoms with Crippen molar-refractivity contribution in [2.24, 2.45) is 0 Å². The zero-order valence-corrected chi connectivity index (χ0v) is 16.1. The standard InChI is InChI=1S/C22H18N2O7/c23-18-16(20(26)27)15(17(21(28)29)19(25)24-18)13-5-1-11(2-6-13)12-3-7-14(8-4-12)22-30-9-10-31-22/h1-8,22H,9-10H2,(H,26,27)(H,28,29)(H3,23,24,25). The van der Waals surface area contributed by atoms with Crippen LogP contribution in [-0.2, 0) is 9.47 Å². The van der Waals surface area contributed by atoms with E-state index in [1.54, 1.807) is 24.3 Å². The van der Waals surface area contributed by atoms with Crippen molar-refractivity contribution in [2.45, 2.75) is 6.29 Å². The van der Waals surface area contributed by atoms with Gasteiger partial charge < -0.3 is 30.4 Å². The van der Waals surface area contributed by atoms with Gasteiger partial charge in [0.2, 0.25) is 0 Å². The number of ether oxygens (including phenoxy) is 2. The maximum Gasteiger partial charge on any atom is 0.342 e. The molecule has 2 heterocycles. The molecular weight excluding hydrogens is 404 g/mol. The van der Waals surface area contributed by atoms with E-state index in [1.807, 2.05) is 24.3 Å². The molecule has 4 rings (SSSR count). The predicted molar refractivity (Wildman–Crippen MR) is 111 cm³/mol. The van der Waals surface area contributed by atoms with Crippen LogP contribution in [-0.4, -0.2) is 40.3 Å². The number of hydrogen-bond acceptors (Lipinski definition) is 6. The van der Waals surface area contributed by atoms with Gasteiger partial charge >= 0.3 is 11.9 Å². The number of carboxylic acid groups (broad SMARTS) is 2. The fraction of sp³-hybridized carbons (Fsp3) is 0.136. The van der Waals surface area contributed by atoms with Gasteiger partial charge in [-0.2, -0.15) is 0 Å². The number of nitrogens with two attached hydrogens (primary N) is 1. The molecule has 9 nitrogen and oxygen atoms in total. The molecule has 158 valence electrons. The minimum Gasteiger partial charge on any atom is -0.478 e. The number of nitrogens with one attached hydrogen (secondary N) is 1. The van der Waals surface area contributed by atoms with Gasteiger partial charge in [0, 0.05) is 11.1 Å². The van der Waals surface area contributed by atoms with Crippen molar-refractivity contribution in [2.75, 3.05) is 18.9 Å². The first kappa shape index (κ1) is 20.3. The van der Waals surface area contributed by atoms with Crippen molar-refractivity contribution in [1.29, 1.82) is 0 Å². The lowest BCUT2D eigenvalue weighted by atomic mass is 9.93. The Balaban J connectivity index is 1.74. The molecule has 0 atom stereocenters. The molecule has 1 aliphatic rings. The van der Waals surface area contributed by atoms with Gasteiger partial charge in [0.15, 0.2) is 6.29 Å². The van der Waals surface area contributed by atoms with Gasteiger partial charge in [-0.3, -0.25) is 4.79 Å². The van der Waals surface area contributed by atoms with E-state index in [4.69, 9.17) is 15.2 Å². The lowest BCUT2D eigenvalue weighted by molar-refractivity contribution is -0.0441. The quantitative estimate of drug-likeness (QED) is 0.490. The second-order valence-electron chi connectivity index (χ2n) is 6.88. The summed E-state index contributed by atoms with van der Waals surface area (Å²) >= 11 is 0. The van der Waals surface area contributed by atoms with E-state index in [0.717, 1.165) is 16.7 Å². The van der Waals surface area contributed by atoms with Crippen LogP contribution in [0.5, 0.6) is 0 Å². The number of H-pyrrole nitrogens is 1. The molecule has 0 bridgehead atoms. The van der Waals surface area contributed by atoms with Gasteiger partial charge in [0.05, 0.1) is 13.2 Å². The minimum atomic E-state index is -1.55. The molecule has 2 aromatic carbocycles. The number of benzene rings is 2. The van der Waals surface area contributed by atoms with E-state index in [-0.39, 0.29) is 17.4 Å². The molecule has 0 unspecified atom stereocenters. The number of aromatic carboxylic acids is 2. The maximum absolute atomic E-state index is 12.2. The summed E-state index contributed by atoms with van der Waals surface area (Å²) in [5.74, 6) is -3.40. The van der Waals surface area contributed by atoms with Crippen LogP contribution in [0.4, 0.5) is 5.82 Å². The lowest BCUT2D eigenvalue weighted by Crippen LogP contribution is -2.24. The number of anilines is 1. The molecule has 3 aromatic rings. The topological polar surface area (TPSA) is 152 Å². The second-order valence-corrected chi connectivity index (χ2v) is 6.88. The van der Waals surface area contributed by atoms with Crippen molar-refractivity contribution in [3.63, 3.8) is 0 Å². The van der Waals surface area contributed by atoms with Gasteiger partial charge in [0.1, 0.15) is 16.9 Å². The summed E-state index contributed by atoms with van der Waals surface area (Å²) < 4.78 is 10.9. The van der Waals surface area contributed by atoms with E-state index < -0.39 is 34.4 Å². The molecule has 5 N–H and O–H groups in total. The van der Waals surface area contributed by atoms with Crippen LogP contribution in [0.3, 0.4) is 0 Å². The Morgan fingerprint density at radius 2 is 1.32 bits per heavy atom. The molecule has 1 aromatic heterocycles. The molecule has 1 saturated heterocycles. The monoisotopic (exact) mass is 422 g/mol. The third kappa shape index (κ3) is 3.79. The molecule has 0 saturated carbocycles. The average molecular weight is 422 g/mol. The molecule has 0 aliphatic carbocycles. The third-order valence-corrected chi connectivity index (χ3v) is 4.98. The number of nitrogen functional groups attached to an aromatic ring is 1. The van der Waals surface area contributed by atoms with Crippen molar-refractivity contribution in [1.82, 2.24) is 4.98 Å². The summed E-state index contributed by atoms with van der Waals surface area (Å²) in [6.07, 6.45) is -0.373. The van der Waals surface area contributed by atoms with E-state index in [9.17, 15) is 24.6 Å². The SMILES string of the molecule is Nc1[nH]c(=O)c(C(=O)O)c(-c2ccc(-c3ccc(C4OCCO4)cc3)cc2)c1C(=O)O. The van der Waals surface area contributed by atoms with Crippen molar-refractivity contribution in [3.05, 3.63) is 75.6 Å². The average Bonchev–Trinajstić information content (AvgIpc) is 3.28. The fourth-order valence-corrected chi connectivity index (χ4v) is 3.55. The number of aromatic nitrogens is 1. The summed E-state index contributed by atoms with van der Waals surface area (Å²) in [5, 5.41) is 19.0. The molecule has 31 heavy (non-hydrogen) atoms. The maximum atomic E-state index is 12.2. The molecular formula is C22H18N2O7. The Morgan fingerprint density at radius 3 is 1.84 bits per heavy atom. The molecule has 0 radical (unpaired) electrons. The minimum absolute atomic E-state index is 0.237. The van der Waals surface area contributed by atoms with Crippen molar-refractivity contribution >= 4 is 17.8 Å². The Hall–Kier alpha value is -3.95. The van der Waals surface area contributed by atoms with E-state index in [2.05, 4.69) is 4.98 Å². The van der Waals surface area contributed by atoms with Gasteiger partial charge in [-0.05, 0) is 16.7 Å². The first-order chi connectivity index (χ1) is 14.9. The normalized spacial score (nSPS) is 13.9. The Kier molecular flexibility index (Phi) is 5.28. The van der Waals surface area contributed by atoms with Crippen LogP contribution >= 0.6 is 0 Å². The van der Waals surface area contributed by atoms with Crippen molar-refractivity contribution < 1.29 is 29.3 Å². The molecule has 9 heteroatoms. The second kappa shape index (κ2) is 8.05. The van der Waals surface area contributed by atoms with Crippen LogP contribution < -0.4 is 11.3 Å². The molecule has 1 fully saturated rings. The predicted octanol–water partition coefficient (Wildman–Crippen LogP) is 2.73. The molecule has 1 aliphatic heterocycles. The van der Waals surface area contributed by atoms with E-state index in [0.29, 0.717) is 13.2 Å². The number of rotatable bonds is 5. The number of carboxylic acids is 2. The lowest BCUT2D eigenvalue weighted by Gasteiger charge is -2.13. The highest BCUT2D eigenvalue weighted by molar-refractivity contribution is 6.07. The van der Waals surface area contributed by atoms with Crippen LogP contribution in [0.25, 0.3) is 22.3 Å². The van der Waals surface area contributed by atoms with Crippen molar-refractivity contribution in [3.8, 4) is 22.3 Å². The Bertz CT molecular complexity index is 1210. The number of carbonyl (C=O) groups is 2. The largest absolute Gasteiger partial charge is 0.478 e. The summed E-state index contributed by atoms with van der Waals surface area (Å²) in [7, 11) is 0. The smallest absolute Gasteiger partial charge is 0.342 e. The van der Waals surface area contributed by atoms with Crippen LogP contribution in [0.15, 0.2) is 53.3 Å². The first-order valence-corrected chi connectivity index (χ1v) is 9.33. The van der Waals surface area contributed by atoms with E-state index in [1.165, 1.54) is 0 Å². The zero-order chi connectivity index (χ0) is 22.1. The fourth-order valence-electron chi connectivity index (χ4n) is 3.55. The van der Waals surface area contributed by atoms with Gasteiger partial charge in [-0.1, -0.05) is 48.5 Å². The summed E-state index contributed by atoms with van der Waals surface area (Å²) in [6.45, 7) is 1.11. The third-order valence-electron chi connectivity index (χ3n) is 4.98.